The predicted octanol–water partition coefficient (Wildman–Crippen LogP) is 5.15. The van der Waals surface area contributed by atoms with Crippen LogP contribution in [0.2, 0.25) is 4.47 Å². The summed E-state index contributed by atoms with van der Waals surface area (Å²) in [6, 6.07) is 14.1. The number of halogens is 1. The fourth-order valence-corrected chi connectivity index (χ4v) is 3.43. The lowest BCUT2D eigenvalue weighted by molar-refractivity contribution is 0.0319. The van der Waals surface area contributed by atoms with Gasteiger partial charge in [-0.3, -0.25) is 4.79 Å². The molecule has 5 nitrogen and oxygen atoms in total. The van der Waals surface area contributed by atoms with Crippen LogP contribution >= 0.6 is 22.9 Å². The van der Waals surface area contributed by atoms with Gasteiger partial charge in [-0.1, -0.05) is 41.4 Å². The maximum atomic E-state index is 12.4. The van der Waals surface area contributed by atoms with Crippen LogP contribution in [0, 0.1) is 6.92 Å². The Labute approximate surface area is 172 Å². The van der Waals surface area contributed by atoms with Crippen LogP contribution in [-0.2, 0) is 11.3 Å². The summed E-state index contributed by atoms with van der Waals surface area (Å²) in [5, 5.41) is 3.23. The van der Waals surface area contributed by atoms with Crippen molar-refractivity contribution in [2.24, 2.45) is 0 Å². The average Bonchev–Trinajstić information content (AvgIpc) is 3.12. The first-order chi connectivity index (χ1) is 13.4. The lowest BCUT2D eigenvalue weighted by atomic mass is 10.1. The standard InChI is InChI=1S/C21H19ClN2O3S/c1-13-3-5-15(6-4-13)19(25)14(2)27-20(26)16-7-9-17(10-8-16)23-11-18-12-24-21(22)28-18/h3-10,12,14,23H,11H2,1-2H3. The lowest BCUT2D eigenvalue weighted by Gasteiger charge is -2.13. The zero-order valence-corrected chi connectivity index (χ0v) is 17.0. The van der Waals surface area contributed by atoms with Crippen LogP contribution in [0.25, 0.3) is 0 Å². The molecule has 1 atom stereocenters. The van der Waals surface area contributed by atoms with E-state index in [1.165, 1.54) is 11.3 Å². The fourth-order valence-electron chi connectivity index (χ4n) is 2.51. The highest BCUT2D eigenvalue weighted by Gasteiger charge is 2.20. The molecule has 0 spiro atoms. The number of carbonyl (C=O) groups excluding carboxylic acids is 2. The van der Waals surface area contributed by atoms with Crippen molar-refractivity contribution in [3.8, 4) is 0 Å². The second-order valence-electron chi connectivity index (χ2n) is 6.29. The van der Waals surface area contributed by atoms with Gasteiger partial charge >= 0.3 is 5.97 Å². The molecule has 0 saturated heterocycles. The molecule has 0 aliphatic carbocycles. The van der Waals surface area contributed by atoms with Gasteiger partial charge in [0, 0.05) is 22.3 Å². The number of esters is 1. The lowest BCUT2D eigenvalue weighted by Crippen LogP contribution is -2.24. The van der Waals surface area contributed by atoms with Gasteiger partial charge in [-0.2, -0.15) is 0 Å². The summed E-state index contributed by atoms with van der Waals surface area (Å²) < 4.78 is 5.83. The fraction of sp³-hybridized carbons (Fsp3) is 0.190. The molecule has 1 aromatic heterocycles. The number of hydrogen-bond donors (Lipinski definition) is 1. The van der Waals surface area contributed by atoms with Crippen LogP contribution in [0.4, 0.5) is 5.69 Å². The molecule has 3 rings (SSSR count). The van der Waals surface area contributed by atoms with Crippen LogP contribution < -0.4 is 5.32 Å². The number of anilines is 1. The van der Waals surface area contributed by atoms with E-state index in [1.807, 2.05) is 19.1 Å². The third kappa shape index (κ3) is 5.18. The molecule has 0 saturated carbocycles. The normalized spacial score (nSPS) is 11.7. The first kappa shape index (κ1) is 20.0. The number of ketones is 1. The van der Waals surface area contributed by atoms with Crippen molar-refractivity contribution < 1.29 is 14.3 Å². The summed E-state index contributed by atoms with van der Waals surface area (Å²) in [5.74, 6) is -0.761. The number of aryl methyl sites for hydroxylation is 1. The van der Waals surface area contributed by atoms with Crippen LogP contribution in [0.3, 0.4) is 0 Å². The molecule has 3 aromatic rings. The number of thiazole rings is 1. The molecule has 1 heterocycles. The number of nitrogens with zero attached hydrogens (tertiary/aromatic N) is 1. The van der Waals surface area contributed by atoms with Gasteiger partial charge < -0.3 is 10.1 Å². The van der Waals surface area contributed by atoms with E-state index in [-0.39, 0.29) is 5.78 Å². The predicted molar refractivity (Wildman–Crippen MR) is 111 cm³/mol. The minimum absolute atomic E-state index is 0.227. The SMILES string of the molecule is Cc1ccc(C(=O)C(C)OC(=O)c2ccc(NCc3cnc(Cl)s3)cc2)cc1. The summed E-state index contributed by atoms with van der Waals surface area (Å²) in [6.45, 7) is 4.12. The molecule has 0 bridgehead atoms. The molecule has 1 unspecified atom stereocenters. The van der Waals surface area contributed by atoms with Gasteiger partial charge in [-0.05, 0) is 38.1 Å². The maximum Gasteiger partial charge on any atom is 0.338 e. The Morgan fingerprint density at radius 1 is 1.11 bits per heavy atom. The molecule has 28 heavy (non-hydrogen) atoms. The van der Waals surface area contributed by atoms with E-state index in [0.717, 1.165) is 16.1 Å². The van der Waals surface area contributed by atoms with Gasteiger partial charge in [-0.25, -0.2) is 9.78 Å². The van der Waals surface area contributed by atoms with Gasteiger partial charge in [0.15, 0.2) is 10.6 Å². The monoisotopic (exact) mass is 414 g/mol. The number of rotatable bonds is 7. The molecule has 0 aliphatic rings. The van der Waals surface area contributed by atoms with Gasteiger partial charge in [0.05, 0.1) is 12.1 Å². The van der Waals surface area contributed by atoms with Gasteiger partial charge in [0.2, 0.25) is 5.78 Å². The zero-order valence-electron chi connectivity index (χ0n) is 15.4. The van der Waals surface area contributed by atoms with E-state index in [2.05, 4.69) is 10.3 Å². The first-order valence-corrected chi connectivity index (χ1v) is 9.88. The third-order valence-electron chi connectivity index (χ3n) is 4.10. The number of nitrogens with one attached hydrogen (secondary N) is 1. The minimum atomic E-state index is -0.857. The molecular weight excluding hydrogens is 396 g/mol. The summed E-state index contributed by atoms with van der Waals surface area (Å²) in [6.07, 6.45) is 0.863. The molecule has 1 N–H and O–H groups in total. The third-order valence-corrected chi connectivity index (χ3v) is 5.22. The number of hydrogen-bond acceptors (Lipinski definition) is 6. The van der Waals surface area contributed by atoms with Crippen LogP contribution in [0.5, 0.6) is 0 Å². The Balaban J connectivity index is 1.56. The minimum Gasteiger partial charge on any atom is -0.451 e. The smallest absolute Gasteiger partial charge is 0.338 e. The molecule has 2 aromatic carbocycles. The van der Waals surface area contributed by atoms with Crippen molar-refractivity contribution in [2.75, 3.05) is 5.32 Å². The van der Waals surface area contributed by atoms with Crippen LogP contribution in [0.15, 0.2) is 54.7 Å². The molecule has 0 fully saturated rings. The molecule has 0 amide bonds. The Hall–Kier alpha value is -2.70. The van der Waals surface area contributed by atoms with Crippen molar-refractivity contribution in [2.45, 2.75) is 26.5 Å². The van der Waals surface area contributed by atoms with Crippen molar-refractivity contribution in [1.29, 1.82) is 0 Å². The quantitative estimate of drug-likeness (QED) is 0.428. The average molecular weight is 415 g/mol. The second kappa shape index (κ2) is 8.99. The van der Waals surface area contributed by atoms with Crippen molar-refractivity contribution in [3.05, 3.63) is 80.8 Å². The molecular formula is C21H19ClN2O3S. The number of benzene rings is 2. The largest absolute Gasteiger partial charge is 0.451 e. The van der Waals surface area contributed by atoms with E-state index in [4.69, 9.17) is 16.3 Å². The van der Waals surface area contributed by atoms with E-state index < -0.39 is 12.1 Å². The number of ether oxygens (including phenoxy) is 1. The topological polar surface area (TPSA) is 68.3 Å². The van der Waals surface area contributed by atoms with E-state index >= 15 is 0 Å². The highest BCUT2D eigenvalue weighted by Crippen LogP contribution is 2.19. The number of aromatic nitrogens is 1. The summed E-state index contributed by atoms with van der Waals surface area (Å²) in [5.41, 5.74) is 2.82. The number of carbonyl (C=O) groups is 2. The maximum absolute atomic E-state index is 12.4. The summed E-state index contributed by atoms with van der Waals surface area (Å²) >= 11 is 7.22. The van der Waals surface area contributed by atoms with Crippen LogP contribution in [0.1, 0.15) is 38.1 Å². The Kier molecular flexibility index (Phi) is 6.44. The van der Waals surface area contributed by atoms with Crippen molar-refractivity contribution >= 4 is 40.4 Å². The zero-order chi connectivity index (χ0) is 20.1. The van der Waals surface area contributed by atoms with E-state index in [1.54, 1.807) is 49.5 Å². The van der Waals surface area contributed by atoms with Gasteiger partial charge in [0.25, 0.3) is 0 Å². The van der Waals surface area contributed by atoms with E-state index in [9.17, 15) is 9.59 Å². The Morgan fingerprint density at radius 2 is 1.75 bits per heavy atom. The summed E-state index contributed by atoms with van der Waals surface area (Å²) in [4.78, 5) is 29.7. The summed E-state index contributed by atoms with van der Waals surface area (Å²) in [7, 11) is 0. The molecule has 0 radical (unpaired) electrons. The Bertz CT molecular complexity index is 968. The second-order valence-corrected chi connectivity index (χ2v) is 7.99. The highest BCUT2D eigenvalue weighted by atomic mass is 35.5. The van der Waals surface area contributed by atoms with Crippen LogP contribution in [-0.4, -0.2) is 22.8 Å². The van der Waals surface area contributed by atoms with E-state index in [0.29, 0.717) is 22.1 Å². The van der Waals surface area contributed by atoms with Crippen molar-refractivity contribution in [3.63, 3.8) is 0 Å². The Morgan fingerprint density at radius 3 is 2.36 bits per heavy atom. The molecule has 7 heteroatoms. The van der Waals surface area contributed by atoms with Gasteiger partial charge in [0.1, 0.15) is 0 Å². The highest BCUT2D eigenvalue weighted by molar-refractivity contribution is 7.15. The first-order valence-electron chi connectivity index (χ1n) is 8.68. The van der Waals surface area contributed by atoms with Gasteiger partial charge in [-0.15, -0.1) is 11.3 Å². The molecule has 144 valence electrons. The number of Topliss-reactive ketones (excluding diaryl/α,β-unsaturated/α-hetero) is 1. The van der Waals surface area contributed by atoms with Crippen molar-refractivity contribution in [1.82, 2.24) is 4.98 Å². The molecule has 0 aliphatic heterocycles.